The first kappa shape index (κ1) is 24.1. The minimum absolute atomic E-state index is 0.151. The molecule has 1 aliphatic rings. The van der Waals surface area contributed by atoms with Crippen molar-refractivity contribution < 1.29 is 19.0 Å². The first-order valence-electron chi connectivity index (χ1n) is 11.9. The molecule has 0 aliphatic carbocycles. The van der Waals surface area contributed by atoms with Crippen molar-refractivity contribution in [1.82, 2.24) is 19.9 Å². The van der Waals surface area contributed by atoms with Gasteiger partial charge in [-0.15, -0.1) is 0 Å². The molecule has 0 bridgehead atoms. The van der Waals surface area contributed by atoms with Crippen LogP contribution in [0.4, 0.5) is 16.6 Å². The molecule has 5 rings (SSSR count). The predicted octanol–water partition coefficient (Wildman–Crippen LogP) is 3.75. The molecule has 0 atom stereocenters. The third kappa shape index (κ3) is 5.18. The summed E-state index contributed by atoms with van der Waals surface area (Å²) < 4.78 is 16.3. The number of nitrogens with zero attached hydrogens (tertiary/aromatic N) is 5. The summed E-state index contributed by atoms with van der Waals surface area (Å²) in [5, 5.41) is 0.779. The maximum absolute atomic E-state index is 12.6. The molecule has 37 heavy (non-hydrogen) atoms. The van der Waals surface area contributed by atoms with Crippen LogP contribution in [0.3, 0.4) is 0 Å². The Labute approximate surface area is 214 Å². The average Bonchev–Trinajstić information content (AvgIpc) is 2.95. The fourth-order valence-corrected chi connectivity index (χ4v) is 4.34. The lowest BCUT2D eigenvalue weighted by Crippen LogP contribution is -2.49. The van der Waals surface area contributed by atoms with E-state index in [0.29, 0.717) is 49.1 Å². The number of pyridine rings is 1. The van der Waals surface area contributed by atoms with Crippen molar-refractivity contribution >= 4 is 28.9 Å². The highest BCUT2D eigenvalue weighted by molar-refractivity contribution is 5.91. The van der Waals surface area contributed by atoms with Crippen LogP contribution in [0.15, 0.2) is 60.8 Å². The number of carbonyl (C=O) groups excluding carboxylic acids is 1. The van der Waals surface area contributed by atoms with Gasteiger partial charge in [0.1, 0.15) is 12.4 Å². The van der Waals surface area contributed by atoms with Crippen molar-refractivity contribution in [1.29, 1.82) is 0 Å². The van der Waals surface area contributed by atoms with Crippen LogP contribution in [0.2, 0.25) is 0 Å². The summed E-state index contributed by atoms with van der Waals surface area (Å²) in [6, 6.07) is 17.3. The van der Waals surface area contributed by atoms with Crippen LogP contribution in [-0.4, -0.2) is 66.3 Å². The van der Waals surface area contributed by atoms with Crippen LogP contribution in [-0.2, 0) is 11.3 Å². The van der Waals surface area contributed by atoms with E-state index in [9.17, 15) is 4.79 Å². The second kappa shape index (κ2) is 10.6. The zero-order chi connectivity index (χ0) is 25.8. The molecule has 1 saturated heterocycles. The molecule has 2 aromatic heterocycles. The smallest absolute Gasteiger partial charge is 0.410 e. The van der Waals surface area contributed by atoms with E-state index >= 15 is 0 Å². The van der Waals surface area contributed by atoms with E-state index in [-0.39, 0.29) is 18.6 Å². The minimum Gasteiger partial charge on any atom is -0.493 e. The number of nitrogens with two attached hydrogens (primary N) is 1. The van der Waals surface area contributed by atoms with E-state index in [4.69, 9.17) is 19.9 Å². The number of methoxy groups -OCH3 is 2. The molecular formula is C27H28N6O4. The van der Waals surface area contributed by atoms with Gasteiger partial charge in [0.2, 0.25) is 5.95 Å². The van der Waals surface area contributed by atoms with Crippen molar-refractivity contribution in [3.8, 4) is 22.6 Å². The van der Waals surface area contributed by atoms with Crippen LogP contribution in [0, 0.1) is 0 Å². The number of fused-ring (bicyclic) bond motifs is 1. The Balaban J connectivity index is 1.35. The second-order valence-corrected chi connectivity index (χ2v) is 8.58. The van der Waals surface area contributed by atoms with E-state index < -0.39 is 0 Å². The van der Waals surface area contributed by atoms with Crippen LogP contribution < -0.4 is 20.1 Å². The fraction of sp³-hybridized carbons (Fsp3) is 0.259. The minimum atomic E-state index is -0.326. The number of amides is 1. The lowest BCUT2D eigenvalue weighted by atomic mass is 10.1. The summed E-state index contributed by atoms with van der Waals surface area (Å²) in [6.07, 6.45) is 1.42. The van der Waals surface area contributed by atoms with E-state index in [1.165, 1.54) is 0 Å². The quantitative estimate of drug-likeness (QED) is 0.422. The number of rotatable bonds is 6. The number of anilines is 2. The summed E-state index contributed by atoms with van der Waals surface area (Å²) in [5.74, 6) is 2.12. The highest BCUT2D eigenvalue weighted by Gasteiger charge is 2.25. The molecule has 0 unspecified atom stereocenters. The number of hydrogen-bond donors (Lipinski definition) is 1. The molecule has 4 aromatic rings. The van der Waals surface area contributed by atoms with Gasteiger partial charge in [-0.1, -0.05) is 36.4 Å². The molecular weight excluding hydrogens is 472 g/mol. The highest BCUT2D eigenvalue weighted by atomic mass is 16.6. The van der Waals surface area contributed by atoms with Gasteiger partial charge in [-0.25, -0.2) is 9.78 Å². The van der Waals surface area contributed by atoms with Crippen molar-refractivity contribution in [2.24, 2.45) is 0 Å². The van der Waals surface area contributed by atoms with E-state index in [1.807, 2.05) is 54.6 Å². The summed E-state index contributed by atoms with van der Waals surface area (Å²) in [5.41, 5.74) is 9.28. The SMILES string of the molecule is COc1ccc(-c2cnc3nc(N)nc(N4CCN(C(=O)OCc5ccccc5)CC4)c3c2)cc1OC. The summed E-state index contributed by atoms with van der Waals surface area (Å²) in [6.45, 7) is 2.40. The molecule has 1 fully saturated rings. The fourth-order valence-electron chi connectivity index (χ4n) is 4.34. The maximum Gasteiger partial charge on any atom is 0.410 e. The van der Waals surface area contributed by atoms with E-state index in [0.717, 1.165) is 22.1 Å². The van der Waals surface area contributed by atoms with E-state index in [2.05, 4.69) is 19.9 Å². The number of hydrogen-bond acceptors (Lipinski definition) is 9. The molecule has 1 amide bonds. The lowest BCUT2D eigenvalue weighted by molar-refractivity contribution is 0.0941. The lowest BCUT2D eigenvalue weighted by Gasteiger charge is -2.35. The van der Waals surface area contributed by atoms with Gasteiger partial charge in [0.25, 0.3) is 0 Å². The number of piperazine rings is 1. The number of aromatic nitrogens is 3. The topological polar surface area (TPSA) is 116 Å². The van der Waals surface area contributed by atoms with Crippen LogP contribution >= 0.6 is 0 Å². The van der Waals surface area contributed by atoms with Crippen LogP contribution in [0.25, 0.3) is 22.2 Å². The Kier molecular flexibility index (Phi) is 6.89. The Morgan fingerprint density at radius 3 is 2.41 bits per heavy atom. The van der Waals surface area contributed by atoms with Gasteiger partial charge in [-0.2, -0.15) is 9.97 Å². The molecule has 10 nitrogen and oxygen atoms in total. The van der Waals surface area contributed by atoms with Gasteiger partial charge >= 0.3 is 6.09 Å². The number of ether oxygens (including phenoxy) is 3. The molecule has 1 aliphatic heterocycles. The summed E-state index contributed by atoms with van der Waals surface area (Å²) >= 11 is 0. The largest absolute Gasteiger partial charge is 0.493 e. The number of nitrogen functional groups attached to an aromatic ring is 1. The van der Waals surface area contributed by atoms with Crippen molar-refractivity contribution in [3.05, 3.63) is 66.4 Å². The van der Waals surface area contributed by atoms with Gasteiger partial charge in [0.15, 0.2) is 17.1 Å². The normalized spacial score (nSPS) is 13.5. The van der Waals surface area contributed by atoms with Crippen molar-refractivity contribution in [3.63, 3.8) is 0 Å². The molecule has 0 spiro atoms. The van der Waals surface area contributed by atoms with Crippen molar-refractivity contribution in [2.45, 2.75) is 6.61 Å². The third-order valence-electron chi connectivity index (χ3n) is 6.31. The Hall–Kier alpha value is -4.60. The molecule has 2 N–H and O–H groups in total. The molecule has 190 valence electrons. The van der Waals surface area contributed by atoms with Gasteiger partial charge in [-0.05, 0) is 29.3 Å². The Morgan fingerprint density at radius 1 is 0.919 bits per heavy atom. The standard InChI is InChI=1S/C27H28N6O4/c1-35-22-9-8-19(15-23(22)36-2)20-14-21-24(29-16-20)30-26(28)31-25(21)32-10-12-33(13-11-32)27(34)37-17-18-6-4-3-5-7-18/h3-9,14-16H,10-13,17H2,1-2H3,(H2,28,29,30,31). The first-order chi connectivity index (χ1) is 18.1. The average molecular weight is 501 g/mol. The Bertz CT molecular complexity index is 1410. The number of carbonyl (C=O) groups is 1. The molecule has 3 heterocycles. The first-order valence-corrected chi connectivity index (χ1v) is 11.9. The third-order valence-corrected chi connectivity index (χ3v) is 6.31. The van der Waals surface area contributed by atoms with Gasteiger partial charge in [0, 0.05) is 37.9 Å². The summed E-state index contributed by atoms with van der Waals surface area (Å²) in [7, 11) is 3.21. The number of benzene rings is 2. The Morgan fingerprint density at radius 2 is 1.68 bits per heavy atom. The second-order valence-electron chi connectivity index (χ2n) is 8.58. The molecule has 10 heteroatoms. The maximum atomic E-state index is 12.6. The van der Waals surface area contributed by atoms with Gasteiger partial charge < -0.3 is 29.7 Å². The van der Waals surface area contributed by atoms with Crippen LogP contribution in [0.5, 0.6) is 11.5 Å². The monoisotopic (exact) mass is 500 g/mol. The van der Waals surface area contributed by atoms with E-state index in [1.54, 1.807) is 25.3 Å². The molecule has 0 saturated carbocycles. The zero-order valence-corrected chi connectivity index (χ0v) is 20.8. The predicted molar refractivity (Wildman–Crippen MR) is 141 cm³/mol. The van der Waals surface area contributed by atoms with Crippen molar-refractivity contribution in [2.75, 3.05) is 51.0 Å². The zero-order valence-electron chi connectivity index (χ0n) is 20.8. The summed E-state index contributed by atoms with van der Waals surface area (Å²) in [4.78, 5) is 29.8. The van der Waals surface area contributed by atoms with Crippen LogP contribution in [0.1, 0.15) is 5.56 Å². The highest BCUT2D eigenvalue weighted by Crippen LogP contribution is 2.34. The molecule has 2 aromatic carbocycles. The van der Waals surface area contributed by atoms with Gasteiger partial charge in [-0.3, -0.25) is 0 Å². The van der Waals surface area contributed by atoms with Gasteiger partial charge in [0.05, 0.1) is 19.6 Å². The molecule has 0 radical (unpaired) electrons.